The molecule has 2 N–H and O–H groups in total. The first-order chi connectivity index (χ1) is 9.32. The zero-order chi connectivity index (χ0) is 15.3. The number of sulfone groups is 1. The Kier molecular flexibility index (Phi) is 5.64. The topological polar surface area (TPSA) is 87.9 Å². The van der Waals surface area contributed by atoms with Crippen LogP contribution in [-0.2, 0) is 9.84 Å². The number of hydrogen-bond acceptors (Lipinski definition) is 6. The molecular weight excluding hydrogens is 282 g/mol. The van der Waals surface area contributed by atoms with Crippen LogP contribution in [0.2, 0.25) is 0 Å². The highest BCUT2D eigenvalue weighted by molar-refractivity contribution is 7.90. The summed E-state index contributed by atoms with van der Waals surface area (Å²) in [6.45, 7) is 0. The number of methoxy groups -OCH3 is 3. The standard InChI is InChI=1S/C13H21NO5S/c1-17-11-7-9(8-12(18-2)13(11)19-3)10(14)5-6-20(4,15)16/h7-8,10H,5-6,14H2,1-4H3. The first kappa shape index (κ1) is 16.6. The van der Waals surface area contributed by atoms with Crippen molar-refractivity contribution in [1.82, 2.24) is 0 Å². The highest BCUT2D eigenvalue weighted by atomic mass is 32.2. The van der Waals surface area contributed by atoms with Crippen molar-refractivity contribution in [2.45, 2.75) is 12.5 Å². The molecule has 0 fully saturated rings. The van der Waals surface area contributed by atoms with Crippen LogP contribution in [0.4, 0.5) is 0 Å². The monoisotopic (exact) mass is 303 g/mol. The summed E-state index contributed by atoms with van der Waals surface area (Å²) >= 11 is 0. The average Bonchev–Trinajstić information content (AvgIpc) is 2.42. The van der Waals surface area contributed by atoms with Gasteiger partial charge in [-0.05, 0) is 24.1 Å². The maximum atomic E-state index is 11.2. The predicted molar refractivity (Wildman–Crippen MR) is 77.4 cm³/mol. The van der Waals surface area contributed by atoms with Crippen molar-refractivity contribution in [3.63, 3.8) is 0 Å². The van der Waals surface area contributed by atoms with Gasteiger partial charge in [0.1, 0.15) is 9.84 Å². The molecule has 0 saturated carbocycles. The van der Waals surface area contributed by atoms with E-state index in [9.17, 15) is 8.42 Å². The lowest BCUT2D eigenvalue weighted by Crippen LogP contribution is -2.16. The molecule has 6 nitrogen and oxygen atoms in total. The van der Waals surface area contributed by atoms with E-state index in [1.807, 2.05) is 0 Å². The molecule has 1 aromatic rings. The van der Waals surface area contributed by atoms with Gasteiger partial charge in [-0.2, -0.15) is 0 Å². The molecule has 1 rings (SSSR count). The van der Waals surface area contributed by atoms with Crippen LogP contribution < -0.4 is 19.9 Å². The van der Waals surface area contributed by atoms with Gasteiger partial charge < -0.3 is 19.9 Å². The zero-order valence-corrected chi connectivity index (χ0v) is 13.0. The van der Waals surface area contributed by atoms with Gasteiger partial charge in [0.2, 0.25) is 5.75 Å². The number of benzene rings is 1. The molecule has 0 bridgehead atoms. The molecule has 1 atom stereocenters. The molecule has 1 aromatic carbocycles. The lowest BCUT2D eigenvalue weighted by Gasteiger charge is -2.17. The van der Waals surface area contributed by atoms with Crippen LogP contribution in [0.1, 0.15) is 18.0 Å². The highest BCUT2D eigenvalue weighted by Gasteiger charge is 2.17. The van der Waals surface area contributed by atoms with Gasteiger partial charge >= 0.3 is 0 Å². The van der Waals surface area contributed by atoms with E-state index in [4.69, 9.17) is 19.9 Å². The van der Waals surface area contributed by atoms with Crippen molar-refractivity contribution in [1.29, 1.82) is 0 Å². The molecule has 7 heteroatoms. The summed E-state index contributed by atoms with van der Waals surface area (Å²) in [6.07, 6.45) is 1.52. The van der Waals surface area contributed by atoms with Crippen molar-refractivity contribution in [2.24, 2.45) is 5.73 Å². The van der Waals surface area contributed by atoms with Crippen molar-refractivity contribution in [3.8, 4) is 17.2 Å². The van der Waals surface area contributed by atoms with Gasteiger partial charge in [-0.15, -0.1) is 0 Å². The summed E-state index contributed by atoms with van der Waals surface area (Å²) < 4.78 is 38.1. The van der Waals surface area contributed by atoms with Crippen LogP contribution in [0.3, 0.4) is 0 Å². The predicted octanol–water partition coefficient (Wildman–Crippen LogP) is 1.15. The van der Waals surface area contributed by atoms with E-state index in [0.717, 1.165) is 5.56 Å². The Morgan fingerprint density at radius 3 is 1.95 bits per heavy atom. The lowest BCUT2D eigenvalue weighted by atomic mass is 10.0. The minimum atomic E-state index is -3.04. The fraction of sp³-hybridized carbons (Fsp3) is 0.538. The summed E-state index contributed by atoms with van der Waals surface area (Å²) in [5.41, 5.74) is 6.76. The fourth-order valence-electron chi connectivity index (χ4n) is 1.82. The number of rotatable bonds is 7. The maximum absolute atomic E-state index is 11.2. The Balaban J connectivity index is 3.06. The second-order valence-electron chi connectivity index (χ2n) is 4.48. The lowest BCUT2D eigenvalue weighted by molar-refractivity contribution is 0.323. The molecule has 0 saturated heterocycles. The van der Waals surface area contributed by atoms with Gasteiger partial charge in [0.05, 0.1) is 27.1 Å². The summed E-state index contributed by atoms with van der Waals surface area (Å²) in [6, 6.07) is 3.04. The Bertz CT molecular complexity index is 531. The van der Waals surface area contributed by atoms with E-state index >= 15 is 0 Å². The first-order valence-corrected chi connectivity index (χ1v) is 8.11. The van der Waals surface area contributed by atoms with Gasteiger partial charge in [0.25, 0.3) is 0 Å². The minimum absolute atomic E-state index is 0.0326. The normalized spacial score (nSPS) is 12.8. The van der Waals surface area contributed by atoms with Crippen LogP contribution in [-0.4, -0.2) is 41.8 Å². The molecule has 114 valence electrons. The molecular formula is C13H21NO5S. The largest absolute Gasteiger partial charge is 0.493 e. The fourth-order valence-corrected chi connectivity index (χ4v) is 2.51. The van der Waals surface area contributed by atoms with Crippen molar-refractivity contribution in [2.75, 3.05) is 33.3 Å². The van der Waals surface area contributed by atoms with Crippen LogP contribution in [0, 0.1) is 0 Å². The Labute approximate surface area is 119 Å². The zero-order valence-electron chi connectivity index (χ0n) is 12.2. The third kappa shape index (κ3) is 4.28. The Hall–Kier alpha value is -1.47. The van der Waals surface area contributed by atoms with Crippen molar-refractivity contribution in [3.05, 3.63) is 17.7 Å². The SMILES string of the molecule is COc1cc(C(N)CCS(C)(=O)=O)cc(OC)c1OC. The minimum Gasteiger partial charge on any atom is -0.493 e. The highest BCUT2D eigenvalue weighted by Crippen LogP contribution is 2.39. The molecule has 20 heavy (non-hydrogen) atoms. The van der Waals surface area contributed by atoms with E-state index < -0.39 is 15.9 Å². The molecule has 0 aliphatic carbocycles. The summed E-state index contributed by atoms with van der Waals surface area (Å²) in [5, 5.41) is 0. The van der Waals surface area contributed by atoms with E-state index in [1.165, 1.54) is 27.6 Å². The molecule has 0 aromatic heterocycles. The van der Waals surface area contributed by atoms with Gasteiger partial charge in [-0.3, -0.25) is 0 Å². The van der Waals surface area contributed by atoms with Gasteiger partial charge in [-0.25, -0.2) is 8.42 Å². The van der Waals surface area contributed by atoms with Crippen molar-refractivity contribution < 1.29 is 22.6 Å². The quantitative estimate of drug-likeness (QED) is 0.813. The molecule has 0 aliphatic heterocycles. The smallest absolute Gasteiger partial charge is 0.203 e. The van der Waals surface area contributed by atoms with Gasteiger partial charge in [-0.1, -0.05) is 0 Å². The van der Waals surface area contributed by atoms with Crippen LogP contribution in [0.15, 0.2) is 12.1 Å². The first-order valence-electron chi connectivity index (χ1n) is 6.05. The molecule has 0 radical (unpaired) electrons. The second-order valence-corrected chi connectivity index (χ2v) is 6.74. The van der Waals surface area contributed by atoms with Crippen LogP contribution >= 0.6 is 0 Å². The Morgan fingerprint density at radius 1 is 1.10 bits per heavy atom. The van der Waals surface area contributed by atoms with E-state index in [0.29, 0.717) is 23.7 Å². The third-order valence-electron chi connectivity index (χ3n) is 2.91. The van der Waals surface area contributed by atoms with Crippen molar-refractivity contribution >= 4 is 9.84 Å². The summed E-state index contributed by atoms with van der Waals surface area (Å²) in [5.74, 6) is 1.51. The Morgan fingerprint density at radius 2 is 1.60 bits per heavy atom. The van der Waals surface area contributed by atoms with E-state index in [2.05, 4.69) is 0 Å². The molecule has 1 unspecified atom stereocenters. The van der Waals surface area contributed by atoms with Gasteiger partial charge in [0, 0.05) is 12.3 Å². The summed E-state index contributed by atoms with van der Waals surface area (Å²) in [7, 11) is 1.51. The summed E-state index contributed by atoms with van der Waals surface area (Å²) in [4.78, 5) is 0. The number of hydrogen-bond donors (Lipinski definition) is 1. The molecule has 0 aliphatic rings. The number of ether oxygens (including phenoxy) is 3. The van der Waals surface area contributed by atoms with E-state index in [1.54, 1.807) is 12.1 Å². The molecule has 0 amide bonds. The van der Waals surface area contributed by atoms with Crippen LogP contribution in [0.5, 0.6) is 17.2 Å². The average molecular weight is 303 g/mol. The second kappa shape index (κ2) is 6.81. The third-order valence-corrected chi connectivity index (χ3v) is 3.89. The molecule has 0 heterocycles. The maximum Gasteiger partial charge on any atom is 0.203 e. The molecule has 0 spiro atoms. The van der Waals surface area contributed by atoms with Crippen LogP contribution in [0.25, 0.3) is 0 Å². The van der Waals surface area contributed by atoms with E-state index in [-0.39, 0.29) is 5.75 Å². The number of nitrogens with two attached hydrogens (primary N) is 1. The van der Waals surface area contributed by atoms with Gasteiger partial charge in [0.15, 0.2) is 11.5 Å².